The SMILES string of the molecule is CCNC(c1ccccc1)c1ccccc1OCCOC. The smallest absolute Gasteiger partial charge is 0.124 e. The van der Waals surface area contributed by atoms with Crippen LogP contribution in [0.3, 0.4) is 0 Å². The molecular formula is C18H23NO2. The highest BCUT2D eigenvalue weighted by Gasteiger charge is 2.16. The van der Waals surface area contributed by atoms with Crippen molar-refractivity contribution in [1.82, 2.24) is 5.32 Å². The summed E-state index contributed by atoms with van der Waals surface area (Å²) in [6, 6.07) is 18.7. The molecule has 0 aliphatic heterocycles. The molecule has 0 aliphatic rings. The summed E-state index contributed by atoms with van der Waals surface area (Å²) < 4.78 is 10.9. The first-order valence-electron chi connectivity index (χ1n) is 7.35. The number of para-hydroxylation sites is 1. The van der Waals surface area contributed by atoms with E-state index in [9.17, 15) is 0 Å². The summed E-state index contributed by atoms with van der Waals surface area (Å²) in [6.45, 7) is 4.16. The highest BCUT2D eigenvalue weighted by Crippen LogP contribution is 2.29. The van der Waals surface area contributed by atoms with Crippen LogP contribution in [0.4, 0.5) is 0 Å². The Kier molecular flexibility index (Phi) is 6.25. The summed E-state index contributed by atoms with van der Waals surface area (Å²) in [7, 11) is 1.68. The molecule has 0 spiro atoms. The molecule has 3 heteroatoms. The maximum absolute atomic E-state index is 5.86. The summed E-state index contributed by atoms with van der Waals surface area (Å²) >= 11 is 0. The normalized spacial score (nSPS) is 12.1. The van der Waals surface area contributed by atoms with E-state index in [1.807, 2.05) is 24.3 Å². The largest absolute Gasteiger partial charge is 0.491 e. The van der Waals surface area contributed by atoms with Gasteiger partial charge in [0.2, 0.25) is 0 Å². The predicted molar refractivity (Wildman–Crippen MR) is 85.8 cm³/mol. The fourth-order valence-corrected chi connectivity index (χ4v) is 2.34. The van der Waals surface area contributed by atoms with Crippen molar-refractivity contribution in [2.24, 2.45) is 0 Å². The minimum absolute atomic E-state index is 0.134. The van der Waals surface area contributed by atoms with Gasteiger partial charge < -0.3 is 14.8 Å². The average Bonchev–Trinajstić information content (AvgIpc) is 2.54. The second-order valence-electron chi connectivity index (χ2n) is 4.78. The molecule has 21 heavy (non-hydrogen) atoms. The Morgan fingerprint density at radius 1 is 0.952 bits per heavy atom. The van der Waals surface area contributed by atoms with Crippen molar-refractivity contribution in [3.8, 4) is 5.75 Å². The van der Waals surface area contributed by atoms with Crippen LogP contribution in [-0.2, 0) is 4.74 Å². The van der Waals surface area contributed by atoms with Gasteiger partial charge in [-0.2, -0.15) is 0 Å². The molecule has 0 saturated heterocycles. The minimum Gasteiger partial charge on any atom is -0.491 e. The molecule has 0 saturated carbocycles. The van der Waals surface area contributed by atoms with Crippen molar-refractivity contribution >= 4 is 0 Å². The van der Waals surface area contributed by atoms with E-state index < -0.39 is 0 Å². The Morgan fingerprint density at radius 3 is 2.38 bits per heavy atom. The molecule has 0 amide bonds. The fourth-order valence-electron chi connectivity index (χ4n) is 2.34. The van der Waals surface area contributed by atoms with Gasteiger partial charge in [0, 0.05) is 12.7 Å². The maximum Gasteiger partial charge on any atom is 0.124 e. The first kappa shape index (κ1) is 15.5. The van der Waals surface area contributed by atoms with Gasteiger partial charge in [-0.25, -0.2) is 0 Å². The third-order valence-corrected chi connectivity index (χ3v) is 3.32. The highest BCUT2D eigenvalue weighted by molar-refractivity contribution is 5.41. The van der Waals surface area contributed by atoms with Crippen molar-refractivity contribution < 1.29 is 9.47 Å². The van der Waals surface area contributed by atoms with Crippen LogP contribution in [0.25, 0.3) is 0 Å². The molecule has 2 aromatic carbocycles. The molecule has 0 aliphatic carbocycles. The number of methoxy groups -OCH3 is 1. The van der Waals surface area contributed by atoms with Crippen molar-refractivity contribution in [1.29, 1.82) is 0 Å². The highest BCUT2D eigenvalue weighted by atomic mass is 16.5. The number of rotatable bonds is 8. The Morgan fingerprint density at radius 2 is 1.67 bits per heavy atom. The van der Waals surface area contributed by atoms with Crippen molar-refractivity contribution in [3.63, 3.8) is 0 Å². The lowest BCUT2D eigenvalue weighted by Gasteiger charge is -2.22. The van der Waals surface area contributed by atoms with Gasteiger partial charge in [0.05, 0.1) is 12.6 Å². The molecule has 0 radical (unpaired) electrons. The minimum atomic E-state index is 0.134. The van der Waals surface area contributed by atoms with E-state index >= 15 is 0 Å². The lowest BCUT2D eigenvalue weighted by Crippen LogP contribution is -2.22. The molecule has 2 rings (SSSR count). The monoisotopic (exact) mass is 285 g/mol. The Labute approximate surface area is 126 Å². The van der Waals surface area contributed by atoms with Crippen LogP contribution in [0, 0.1) is 0 Å². The van der Waals surface area contributed by atoms with Crippen LogP contribution in [0.5, 0.6) is 5.75 Å². The number of benzene rings is 2. The van der Waals surface area contributed by atoms with Gasteiger partial charge in [-0.15, -0.1) is 0 Å². The van der Waals surface area contributed by atoms with E-state index in [0.717, 1.165) is 17.9 Å². The first-order chi connectivity index (χ1) is 10.4. The maximum atomic E-state index is 5.86. The van der Waals surface area contributed by atoms with Crippen LogP contribution in [0.15, 0.2) is 54.6 Å². The Hall–Kier alpha value is -1.84. The quantitative estimate of drug-likeness (QED) is 0.754. The molecule has 0 heterocycles. The summed E-state index contributed by atoms with van der Waals surface area (Å²) in [5.41, 5.74) is 2.39. The van der Waals surface area contributed by atoms with E-state index in [0.29, 0.717) is 13.2 Å². The molecule has 0 aromatic heterocycles. The van der Waals surface area contributed by atoms with Crippen LogP contribution in [0.2, 0.25) is 0 Å². The first-order valence-corrected chi connectivity index (χ1v) is 7.35. The van der Waals surface area contributed by atoms with Gasteiger partial charge >= 0.3 is 0 Å². The van der Waals surface area contributed by atoms with E-state index in [1.54, 1.807) is 7.11 Å². The second-order valence-corrected chi connectivity index (χ2v) is 4.78. The molecule has 0 bridgehead atoms. The van der Waals surface area contributed by atoms with Crippen LogP contribution in [-0.4, -0.2) is 26.9 Å². The van der Waals surface area contributed by atoms with Gasteiger partial charge in [0.25, 0.3) is 0 Å². The van der Waals surface area contributed by atoms with Gasteiger partial charge in [-0.3, -0.25) is 0 Å². The zero-order valence-electron chi connectivity index (χ0n) is 12.7. The molecule has 112 valence electrons. The lowest BCUT2D eigenvalue weighted by molar-refractivity contribution is 0.145. The van der Waals surface area contributed by atoms with Gasteiger partial charge in [-0.05, 0) is 18.2 Å². The lowest BCUT2D eigenvalue weighted by atomic mass is 9.98. The third kappa shape index (κ3) is 4.31. The fraction of sp³-hybridized carbons (Fsp3) is 0.333. The van der Waals surface area contributed by atoms with Crippen LogP contribution in [0.1, 0.15) is 24.1 Å². The molecule has 1 atom stereocenters. The summed E-state index contributed by atoms with van der Waals surface area (Å²) in [4.78, 5) is 0. The number of ether oxygens (including phenoxy) is 2. The van der Waals surface area contributed by atoms with Crippen molar-refractivity contribution in [2.45, 2.75) is 13.0 Å². The van der Waals surface area contributed by atoms with Crippen molar-refractivity contribution in [2.75, 3.05) is 26.9 Å². The number of hydrogen-bond donors (Lipinski definition) is 1. The summed E-state index contributed by atoms with van der Waals surface area (Å²) in [5.74, 6) is 0.907. The Bertz CT molecular complexity index is 528. The van der Waals surface area contributed by atoms with Gasteiger partial charge in [0.1, 0.15) is 12.4 Å². The number of nitrogens with one attached hydrogen (secondary N) is 1. The van der Waals surface area contributed by atoms with Crippen LogP contribution >= 0.6 is 0 Å². The average molecular weight is 285 g/mol. The molecular weight excluding hydrogens is 262 g/mol. The predicted octanol–water partition coefficient (Wildman–Crippen LogP) is 3.41. The molecule has 0 fully saturated rings. The third-order valence-electron chi connectivity index (χ3n) is 3.32. The number of hydrogen-bond acceptors (Lipinski definition) is 3. The summed E-state index contributed by atoms with van der Waals surface area (Å²) in [5, 5.41) is 3.53. The van der Waals surface area contributed by atoms with E-state index in [1.165, 1.54) is 5.56 Å². The van der Waals surface area contributed by atoms with E-state index in [4.69, 9.17) is 9.47 Å². The summed E-state index contributed by atoms with van der Waals surface area (Å²) in [6.07, 6.45) is 0. The zero-order valence-corrected chi connectivity index (χ0v) is 12.7. The van der Waals surface area contributed by atoms with Gasteiger partial charge in [0.15, 0.2) is 0 Å². The van der Waals surface area contributed by atoms with E-state index in [-0.39, 0.29) is 6.04 Å². The van der Waals surface area contributed by atoms with Gasteiger partial charge in [-0.1, -0.05) is 55.5 Å². The zero-order chi connectivity index (χ0) is 14.9. The topological polar surface area (TPSA) is 30.5 Å². The molecule has 2 aromatic rings. The second kappa shape index (κ2) is 8.45. The molecule has 1 N–H and O–H groups in total. The Balaban J connectivity index is 2.27. The van der Waals surface area contributed by atoms with Crippen molar-refractivity contribution in [3.05, 3.63) is 65.7 Å². The van der Waals surface area contributed by atoms with Crippen LogP contribution < -0.4 is 10.1 Å². The van der Waals surface area contributed by atoms with E-state index in [2.05, 4.69) is 42.6 Å². The standard InChI is InChI=1S/C18H23NO2/c1-3-19-18(15-9-5-4-6-10-15)16-11-7-8-12-17(16)21-14-13-20-2/h4-12,18-19H,3,13-14H2,1-2H3. The molecule has 3 nitrogen and oxygen atoms in total. The molecule has 1 unspecified atom stereocenters.